The van der Waals surface area contributed by atoms with Crippen LogP contribution in [0.25, 0.3) is 0 Å². The van der Waals surface area contributed by atoms with Crippen LogP contribution in [-0.4, -0.2) is 22.1 Å². The Morgan fingerprint density at radius 1 is 1.22 bits per heavy atom. The number of fused-ring (bicyclic) bond motifs is 1. The fraction of sp³-hybridized carbons (Fsp3) is 0.208. The number of hydrogen-bond acceptors (Lipinski definition) is 5. The van der Waals surface area contributed by atoms with Gasteiger partial charge in [0.2, 0.25) is 5.91 Å². The molecule has 2 aromatic carbocycles. The number of aromatic nitrogens is 2. The van der Waals surface area contributed by atoms with E-state index < -0.39 is 5.92 Å². The molecule has 1 atom stereocenters. The van der Waals surface area contributed by atoms with Gasteiger partial charge in [-0.2, -0.15) is 4.98 Å². The van der Waals surface area contributed by atoms with Crippen molar-refractivity contribution in [2.24, 2.45) is 7.05 Å². The third kappa shape index (κ3) is 4.53. The van der Waals surface area contributed by atoms with Crippen molar-refractivity contribution in [3.05, 3.63) is 81.4 Å². The molecular formula is C24H20FN3O3S. The molecule has 0 bridgehead atoms. The van der Waals surface area contributed by atoms with Crippen LogP contribution < -0.4 is 15.6 Å². The summed E-state index contributed by atoms with van der Waals surface area (Å²) in [4.78, 5) is 29.7. The Labute approximate surface area is 188 Å². The van der Waals surface area contributed by atoms with Crippen LogP contribution in [0.2, 0.25) is 0 Å². The standard InChI is InChI=1S/C24H20FN3O3S/c1-3-12-31-18-10-6-16(7-11-18)19-13-20(29)26-22-21(19)23(30)27-24(28(22)2)32-14-15-4-8-17(25)9-5-15/h1,4-11,19H,12-14H2,2H3,(H,26,29)/t19-/m1/s1. The molecule has 0 spiro atoms. The number of halogens is 1. The first-order chi connectivity index (χ1) is 15.5. The van der Waals surface area contributed by atoms with E-state index in [4.69, 9.17) is 11.2 Å². The zero-order chi connectivity index (χ0) is 22.7. The van der Waals surface area contributed by atoms with Crippen LogP contribution in [0.5, 0.6) is 5.75 Å². The lowest BCUT2D eigenvalue weighted by molar-refractivity contribution is -0.116. The van der Waals surface area contributed by atoms with Gasteiger partial charge in [-0.15, -0.1) is 6.42 Å². The molecule has 1 aliphatic rings. The Morgan fingerprint density at radius 3 is 2.62 bits per heavy atom. The van der Waals surface area contributed by atoms with Gasteiger partial charge < -0.3 is 14.6 Å². The summed E-state index contributed by atoms with van der Waals surface area (Å²) in [6.07, 6.45) is 5.36. The Kier molecular flexibility index (Phi) is 6.28. The van der Waals surface area contributed by atoms with Crippen molar-refractivity contribution in [2.45, 2.75) is 23.2 Å². The maximum atomic E-state index is 13.1. The Morgan fingerprint density at radius 2 is 1.94 bits per heavy atom. The van der Waals surface area contributed by atoms with Crippen molar-refractivity contribution in [3.8, 4) is 18.1 Å². The number of amides is 1. The molecule has 32 heavy (non-hydrogen) atoms. The van der Waals surface area contributed by atoms with Crippen LogP contribution in [0.3, 0.4) is 0 Å². The summed E-state index contributed by atoms with van der Waals surface area (Å²) in [7, 11) is 1.76. The zero-order valence-electron chi connectivity index (χ0n) is 17.3. The minimum Gasteiger partial charge on any atom is -0.481 e. The van der Waals surface area contributed by atoms with E-state index in [-0.39, 0.29) is 30.3 Å². The van der Waals surface area contributed by atoms with Crippen molar-refractivity contribution in [3.63, 3.8) is 0 Å². The monoisotopic (exact) mass is 449 g/mol. The molecule has 0 aliphatic carbocycles. The van der Waals surface area contributed by atoms with Gasteiger partial charge in [-0.1, -0.05) is 41.9 Å². The molecule has 162 valence electrons. The Balaban J connectivity index is 1.64. The molecule has 1 aliphatic heterocycles. The third-order valence-electron chi connectivity index (χ3n) is 5.19. The molecule has 0 unspecified atom stereocenters. The van der Waals surface area contributed by atoms with E-state index in [1.54, 1.807) is 35.9 Å². The lowest BCUT2D eigenvalue weighted by Crippen LogP contribution is -2.33. The highest BCUT2D eigenvalue weighted by Crippen LogP contribution is 2.36. The van der Waals surface area contributed by atoms with Gasteiger partial charge in [0, 0.05) is 25.1 Å². The predicted octanol–water partition coefficient (Wildman–Crippen LogP) is 3.70. The number of rotatable bonds is 6. The predicted molar refractivity (Wildman–Crippen MR) is 121 cm³/mol. The fourth-order valence-corrected chi connectivity index (χ4v) is 4.52. The molecule has 6 nitrogen and oxygen atoms in total. The van der Waals surface area contributed by atoms with E-state index in [1.807, 2.05) is 12.1 Å². The van der Waals surface area contributed by atoms with Gasteiger partial charge in [0.1, 0.15) is 24.0 Å². The minimum atomic E-state index is -0.414. The van der Waals surface area contributed by atoms with E-state index >= 15 is 0 Å². The van der Waals surface area contributed by atoms with Crippen LogP contribution >= 0.6 is 11.8 Å². The number of hydrogen-bond donors (Lipinski definition) is 1. The molecule has 2 heterocycles. The molecule has 1 amide bonds. The second-order valence-electron chi connectivity index (χ2n) is 7.30. The van der Waals surface area contributed by atoms with Crippen LogP contribution in [0, 0.1) is 18.2 Å². The molecule has 0 saturated carbocycles. The summed E-state index contributed by atoms with van der Waals surface area (Å²) >= 11 is 1.35. The normalized spacial score (nSPS) is 14.9. The molecular weight excluding hydrogens is 429 g/mol. The summed E-state index contributed by atoms with van der Waals surface area (Å²) in [6, 6.07) is 13.4. The van der Waals surface area contributed by atoms with Gasteiger partial charge in [0.05, 0.1) is 5.56 Å². The second kappa shape index (κ2) is 9.28. The minimum absolute atomic E-state index is 0.149. The van der Waals surface area contributed by atoms with Crippen molar-refractivity contribution in [2.75, 3.05) is 11.9 Å². The van der Waals surface area contributed by atoms with Gasteiger partial charge in [0.25, 0.3) is 5.56 Å². The summed E-state index contributed by atoms with van der Waals surface area (Å²) in [6.45, 7) is 0.164. The van der Waals surface area contributed by atoms with Crippen molar-refractivity contribution in [1.82, 2.24) is 9.55 Å². The van der Waals surface area contributed by atoms with E-state index in [1.165, 1.54) is 23.9 Å². The smallest absolute Gasteiger partial charge is 0.279 e. The molecule has 0 fully saturated rings. The van der Waals surface area contributed by atoms with Crippen molar-refractivity contribution < 1.29 is 13.9 Å². The van der Waals surface area contributed by atoms with E-state index in [2.05, 4.69) is 16.2 Å². The molecule has 1 N–H and O–H groups in total. The average Bonchev–Trinajstić information content (AvgIpc) is 2.80. The number of anilines is 1. The third-order valence-corrected chi connectivity index (χ3v) is 6.29. The Bertz CT molecular complexity index is 1250. The second-order valence-corrected chi connectivity index (χ2v) is 8.25. The quantitative estimate of drug-likeness (QED) is 0.353. The molecule has 0 radical (unpaired) electrons. The van der Waals surface area contributed by atoms with Gasteiger partial charge in [-0.05, 0) is 35.4 Å². The topological polar surface area (TPSA) is 73.2 Å². The van der Waals surface area contributed by atoms with E-state index in [9.17, 15) is 14.0 Å². The number of nitrogens with zero attached hydrogens (tertiary/aromatic N) is 2. The highest BCUT2D eigenvalue weighted by molar-refractivity contribution is 7.98. The van der Waals surface area contributed by atoms with Crippen molar-refractivity contribution in [1.29, 1.82) is 0 Å². The number of nitrogens with one attached hydrogen (secondary N) is 1. The number of benzene rings is 2. The molecule has 4 rings (SSSR count). The first-order valence-electron chi connectivity index (χ1n) is 9.90. The fourth-order valence-electron chi connectivity index (χ4n) is 3.60. The first-order valence-corrected chi connectivity index (χ1v) is 10.9. The SMILES string of the molecule is C#CCOc1ccc([C@H]2CC(=O)Nc3c2c(=O)nc(SCc2ccc(F)cc2)n3C)cc1. The molecule has 3 aromatic rings. The Hall–Kier alpha value is -3.57. The molecule has 0 saturated heterocycles. The lowest BCUT2D eigenvalue weighted by Gasteiger charge is -2.27. The number of ether oxygens (including phenoxy) is 1. The zero-order valence-corrected chi connectivity index (χ0v) is 18.1. The number of carbonyl (C=O) groups excluding carboxylic acids is 1. The number of terminal acetylenes is 1. The molecule has 8 heteroatoms. The average molecular weight is 450 g/mol. The summed E-state index contributed by atoms with van der Waals surface area (Å²) in [5, 5.41) is 3.30. The van der Waals surface area contributed by atoms with Gasteiger partial charge in [-0.25, -0.2) is 4.39 Å². The maximum absolute atomic E-state index is 13.1. The largest absolute Gasteiger partial charge is 0.481 e. The van der Waals surface area contributed by atoms with Crippen molar-refractivity contribution >= 4 is 23.5 Å². The summed E-state index contributed by atoms with van der Waals surface area (Å²) in [5.41, 5.74) is 1.80. The van der Waals surface area contributed by atoms with Gasteiger partial charge >= 0.3 is 0 Å². The van der Waals surface area contributed by atoms with Crippen LogP contribution in [0.15, 0.2) is 58.5 Å². The van der Waals surface area contributed by atoms with Crippen LogP contribution in [-0.2, 0) is 17.6 Å². The van der Waals surface area contributed by atoms with Crippen LogP contribution in [0.4, 0.5) is 10.2 Å². The van der Waals surface area contributed by atoms with Gasteiger partial charge in [0.15, 0.2) is 5.16 Å². The molecule has 1 aromatic heterocycles. The van der Waals surface area contributed by atoms with E-state index in [0.29, 0.717) is 28.0 Å². The number of thioether (sulfide) groups is 1. The lowest BCUT2D eigenvalue weighted by atomic mass is 9.87. The summed E-state index contributed by atoms with van der Waals surface area (Å²) in [5.74, 6) is 3.09. The van der Waals surface area contributed by atoms with E-state index in [0.717, 1.165) is 11.1 Å². The first kappa shape index (κ1) is 21.7. The highest BCUT2D eigenvalue weighted by atomic mass is 32.2. The van der Waals surface area contributed by atoms with Crippen LogP contribution in [0.1, 0.15) is 29.0 Å². The van der Waals surface area contributed by atoms with Gasteiger partial charge in [-0.3, -0.25) is 9.59 Å². The highest BCUT2D eigenvalue weighted by Gasteiger charge is 2.32. The maximum Gasteiger partial charge on any atom is 0.279 e. The number of carbonyl (C=O) groups is 1. The summed E-state index contributed by atoms with van der Waals surface area (Å²) < 4.78 is 20.2.